The van der Waals surface area contributed by atoms with Gasteiger partial charge in [-0.3, -0.25) is 4.79 Å². The topological polar surface area (TPSA) is 128 Å². The molecule has 182 valence electrons. The average molecular weight is 498 g/mol. The molecular weight excluding hydrogens is 474 g/mol. The van der Waals surface area contributed by atoms with Crippen LogP contribution in [0.5, 0.6) is 17.2 Å². The predicted octanol–water partition coefficient (Wildman–Crippen LogP) is 3.69. The van der Waals surface area contributed by atoms with Crippen molar-refractivity contribution in [2.45, 2.75) is 30.8 Å². The fraction of sp³-hybridized carbons (Fsp3) is 0.200. The second-order valence-corrected chi connectivity index (χ2v) is 9.45. The quantitative estimate of drug-likeness (QED) is 0.458. The number of aromatic carboxylic acids is 1. The Bertz CT molecular complexity index is 1360. The summed E-state index contributed by atoms with van der Waals surface area (Å²) in [5.74, 6) is -0.857. The fourth-order valence-electron chi connectivity index (χ4n) is 3.61. The lowest BCUT2D eigenvalue weighted by Crippen LogP contribution is -2.37. The Balaban J connectivity index is 1.71. The van der Waals surface area contributed by atoms with Gasteiger partial charge in [0.25, 0.3) is 15.9 Å². The first-order valence-corrected chi connectivity index (χ1v) is 12.3. The second kappa shape index (κ2) is 10.1. The average Bonchev–Trinajstić information content (AvgIpc) is 3.31. The van der Waals surface area contributed by atoms with Gasteiger partial charge in [-0.1, -0.05) is 37.6 Å². The van der Waals surface area contributed by atoms with Crippen molar-refractivity contribution in [3.63, 3.8) is 0 Å². The molecule has 2 N–H and O–H groups in total. The van der Waals surface area contributed by atoms with Gasteiger partial charge >= 0.3 is 5.97 Å². The molecule has 1 heterocycles. The van der Waals surface area contributed by atoms with Crippen LogP contribution in [0.15, 0.2) is 71.6 Å². The van der Waals surface area contributed by atoms with Gasteiger partial charge in [0.1, 0.15) is 5.75 Å². The summed E-state index contributed by atoms with van der Waals surface area (Å²) in [5, 5.41) is 9.34. The maximum Gasteiger partial charge on any atom is 0.335 e. The van der Waals surface area contributed by atoms with Crippen molar-refractivity contribution < 1.29 is 37.3 Å². The Labute approximate surface area is 202 Å². The number of rotatable bonds is 9. The van der Waals surface area contributed by atoms with Gasteiger partial charge in [0.05, 0.1) is 10.5 Å². The highest BCUT2D eigenvalue weighted by atomic mass is 32.2. The molecule has 0 fully saturated rings. The molecule has 1 unspecified atom stereocenters. The zero-order valence-corrected chi connectivity index (χ0v) is 19.6. The number of fused-ring (bicyclic) bond motifs is 1. The summed E-state index contributed by atoms with van der Waals surface area (Å²) in [6, 6.07) is 16.5. The first-order valence-electron chi connectivity index (χ1n) is 10.8. The maximum atomic E-state index is 13.3. The summed E-state index contributed by atoms with van der Waals surface area (Å²) in [5.41, 5.74) is 0.994. The summed E-state index contributed by atoms with van der Waals surface area (Å²) in [4.78, 5) is 24.6. The molecule has 0 spiro atoms. The zero-order chi connectivity index (χ0) is 25.0. The maximum absolute atomic E-state index is 13.3. The lowest BCUT2D eigenvalue weighted by Gasteiger charge is -2.21. The van der Waals surface area contributed by atoms with Gasteiger partial charge in [0, 0.05) is 5.56 Å². The molecule has 1 aliphatic heterocycles. The van der Waals surface area contributed by atoms with E-state index in [1.54, 1.807) is 36.4 Å². The Morgan fingerprint density at radius 1 is 1.03 bits per heavy atom. The van der Waals surface area contributed by atoms with Crippen molar-refractivity contribution in [3.05, 3.63) is 83.4 Å². The van der Waals surface area contributed by atoms with E-state index in [-0.39, 0.29) is 23.0 Å². The van der Waals surface area contributed by atoms with Gasteiger partial charge in [0.2, 0.25) is 12.9 Å². The molecule has 1 aliphatic rings. The van der Waals surface area contributed by atoms with Crippen LogP contribution in [0.1, 0.15) is 40.9 Å². The van der Waals surface area contributed by atoms with Crippen molar-refractivity contribution >= 4 is 21.9 Å². The predicted molar refractivity (Wildman–Crippen MR) is 125 cm³/mol. The number of nitrogens with one attached hydrogen (secondary N) is 1. The van der Waals surface area contributed by atoms with Crippen molar-refractivity contribution in [3.8, 4) is 17.2 Å². The molecule has 0 aliphatic carbocycles. The number of carboxylic acids is 1. The van der Waals surface area contributed by atoms with Crippen molar-refractivity contribution in [2.75, 3.05) is 6.79 Å². The lowest BCUT2D eigenvalue weighted by atomic mass is 10.0. The van der Waals surface area contributed by atoms with E-state index in [0.717, 1.165) is 0 Å². The molecule has 3 aromatic carbocycles. The number of sulfonamides is 1. The van der Waals surface area contributed by atoms with Crippen LogP contribution in [0, 0.1) is 0 Å². The molecular formula is C25H23NO8S. The second-order valence-electron chi connectivity index (χ2n) is 7.77. The van der Waals surface area contributed by atoms with Gasteiger partial charge in [0.15, 0.2) is 11.5 Å². The number of hydrogen-bond acceptors (Lipinski definition) is 7. The summed E-state index contributed by atoms with van der Waals surface area (Å²) in [6.45, 7) is 1.95. The van der Waals surface area contributed by atoms with E-state index in [0.29, 0.717) is 35.5 Å². The molecule has 0 saturated carbocycles. The van der Waals surface area contributed by atoms with Crippen LogP contribution < -0.4 is 18.9 Å². The van der Waals surface area contributed by atoms with Gasteiger partial charge in [-0.2, -0.15) is 0 Å². The van der Waals surface area contributed by atoms with E-state index in [4.69, 9.17) is 14.2 Å². The number of carbonyl (C=O) groups is 2. The third kappa shape index (κ3) is 5.38. The molecule has 1 amide bonds. The number of amides is 1. The van der Waals surface area contributed by atoms with Gasteiger partial charge in [-0.05, 0) is 54.4 Å². The fourth-order valence-corrected chi connectivity index (χ4v) is 4.62. The number of ether oxygens (including phenoxy) is 3. The zero-order valence-electron chi connectivity index (χ0n) is 18.8. The molecule has 0 bridgehead atoms. The van der Waals surface area contributed by atoms with Gasteiger partial charge in [-0.15, -0.1) is 0 Å². The highest BCUT2D eigenvalue weighted by Crippen LogP contribution is 2.36. The third-order valence-electron chi connectivity index (χ3n) is 5.30. The minimum absolute atomic E-state index is 0.0240. The van der Waals surface area contributed by atoms with Crippen LogP contribution in [0.25, 0.3) is 0 Å². The van der Waals surface area contributed by atoms with Gasteiger partial charge < -0.3 is 19.3 Å². The minimum Gasteiger partial charge on any atom is -0.478 e. The van der Waals surface area contributed by atoms with E-state index in [1.807, 2.05) is 6.92 Å². The molecule has 0 radical (unpaired) electrons. The molecule has 9 nitrogen and oxygen atoms in total. The van der Waals surface area contributed by atoms with Gasteiger partial charge in [-0.25, -0.2) is 17.9 Å². The lowest BCUT2D eigenvalue weighted by molar-refractivity contribution is -0.126. The van der Waals surface area contributed by atoms with Crippen molar-refractivity contribution in [1.82, 2.24) is 4.72 Å². The molecule has 10 heteroatoms. The smallest absolute Gasteiger partial charge is 0.335 e. The van der Waals surface area contributed by atoms with E-state index in [2.05, 4.69) is 4.72 Å². The summed E-state index contributed by atoms with van der Waals surface area (Å²) in [7, 11) is -4.17. The SMILES string of the molecule is CCCc1cc(C(=O)O)ccc1OC(C(=O)NS(=O)(=O)c1ccccc1)c1ccc2c(c1)OCO2. The number of carboxylic acid groups (broad SMARTS) is 1. The third-order valence-corrected chi connectivity index (χ3v) is 6.66. The van der Waals surface area contributed by atoms with E-state index in [9.17, 15) is 23.1 Å². The summed E-state index contributed by atoms with van der Waals surface area (Å²) < 4.78 is 44.5. The van der Waals surface area contributed by atoms with Crippen molar-refractivity contribution in [1.29, 1.82) is 0 Å². The first kappa shape index (κ1) is 24.1. The molecule has 3 aromatic rings. The normalized spacial score (nSPS) is 13.2. The Kier molecular flexibility index (Phi) is 6.92. The van der Waals surface area contributed by atoms with Crippen LogP contribution in [0.2, 0.25) is 0 Å². The molecule has 35 heavy (non-hydrogen) atoms. The minimum atomic E-state index is -4.17. The Hall–Kier alpha value is -4.05. The molecule has 0 aromatic heterocycles. The number of carbonyl (C=O) groups excluding carboxylic acids is 1. The molecule has 4 rings (SSSR count). The van der Waals surface area contributed by atoms with E-state index >= 15 is 0 Å². The highest BCUT2D eigenvalue weighted by molar-refractivity contribution is 7.90. The van der Waals surface area contributed by atoms with Crippen molar-refractivity contribution in [2.24, 2.45) is 0 Å². The van der Waals surface area contributed by atoms with Crippen LogP contribution in [-0.4, -0.2) is 32.2 Å². The number of benzene rings is 3. The number of hydrogen-bond donors (Lipinski definition) is 2. The molecule has 0 saturated heterocycles. The molecule has 1 atom stereocenters. The summed E-state index contributed by atoms with van der Waals surface area (Å²) >= 11 is 0. The number of aryl methyl sites for hydroxylation is 1. The largest absolute Gasteiger partial charge is 0.478 e. The van der Waals surface area contributed by atoms with E-state index in [1.165, 1.54) is 30.3 Å². The Morgan fingerprint density at radius 3 is 2.49 bits per heavy atom. The van der Waals surface area contributed by atoms with E-state index < -0.39 is 28.0 Å². The highest BCUT2D eigenvalue weighted by Gasteiger charge is 2.30. The van der Waals surface area contributed by atoms with Crippen LogP contribution in [0.3, 0.4) is 0 Å². The van der Waals surface area contributed by atoms with Crippen LogP contribution in [-0.2, 0) is 21.2 Å². The Morgan fingerprint density at radius 2 is 1.77 bits per heavy atom. The standard InChI is InChI=1S/C25H23NO8S/c1-2-6-16-13-18(25(28)29)10-11-20(16)34-23(17-9-12-21-22(14-17)33-15-32-21)24(27)26-35(30,31)19-7-4-3-5-8-19/h3-5,7-14,23H,2,6,15H2,1H3,(H,26,27)(H,28,29). The van der Waals surface area contributed by atoms with Crippen LogP contribution >= 0.6 is 0 Å². The first-order chi connectivity index (χ1) is 16.8. The van der Waals surface area contributed by atoms with Crippen LogP contribution in [0.4, 0.5) is 0 Å². The monoisotopic (exact) mass is 497 g/mol. The summed E-state index contributed by atoms with van der Waals surface area (Å²) in [6.07, 6.45) is -0.189.